The minimum absolute atomic E-state index is 0.222. The van der Waals surface area contributed by atoms with Crippen molar-refractivity contribution in [2.45, 2.75) is 50.6 Å². The predicted octanol–water partition coefficient (Wildman–Crippen LogP) is 3.21. The van der Waals surface area contributed by atoms with Crippen LogP contribution in [0.1, 0.15) is 36.8 Å². The average Bonchev–Trinajstić information content (AvgIpc) is 2.68. The van der Waals surface area contributed by atoms with Gasteiger partial charge in [-0.2, -0.15) is 0 Å². The van der Waals surface area contributed by atoms with E-state index < -0.39 is 24.0 Å². The van der Waals surface area contributed by atoms with E-state index in [1.165, 1.54) is 24.3 Å². The van der Waals surface area contributed by atoms with E-state index >= 15 is 0 Å². The third kappa shape index (κ3) is 7.99. The Morgan fingerprint density at radius 1 is 0.931 bits per heavy atom. The van der Waals surface area contributed by atoms with Gasteiger partial charge in [-0.1, -0.05) is 24.3 Å². The van der Waals surface area contributed by atoms with Crippen LogP contribution in [0.2, 0.25) is 0 Å². The first-order chi connectivity index (χ1) is 13.8. The highest BCUT2D eigenvalue weighted by Crippen LogP contribution is 2.11. The number of carbonyl (C=O) groups is 2. The molecular weight excluding hydrogens is 378 g/mol. The van der Waals surface area contributed by atoms with Crippen LogP contribution in [0.4, 0.5) is 8.78 Å². The fourth-order valence-electron chi connectivity index (χ4n) is 3.05. The summed E-state index contributed by atoms with van der Waals surface area (Å²) in [5.74, 6) is -2.28. The van der Waals surface area contributed by atoms with E-state index in [2.05, 4.69) is 5.32 Å². The van der Waals surface area contributed by atoms with E-state index in [0.717, 1.165) is 11.1 Å². The number of carboxylic acids is 1. The number of benzene rings is 2. The number of carbonyl (C=O) groups excluding carboxylic acids is 1. The van der Waals surface area contributed by atoms with Crippen molar-refractivity contribution in [3.8, 4) is 0 Å². The summed E-state index contributed by atoms with van der Waals surface area (Å²) in [7, 11) is 0. The van der Waals surface area contributed by atoms with Crippen molar-refractivity contribution in [1.29, 1.82) is 0 Å². The fourth-order valence-corrected chi connectivity index (χ4v) is 3.05. The van der Waals surface area contributed by atoms with Gasteiger partial charge in [0.1, 0.15) is 17.7 Å². The summed E-state index contributed by atoms with van der Waals surface area (Å²) < 4.78 is 26.1. The maximum absolute atomic E-state index is 13.2. The molecule has 29 heavy (non-hydrogen) atoms. The second kappa shape index (κ2) is 11.3. The highest BCUT2D eigenvalue weighted by molar-refractivity contribution is 5.86. The SMILES string of the molecule is NC(CCCc1ccc(F)cc1)C(=O)NC(CCCc1cccc(F)c1)C(=O)O. The molecule has 2 aromatic rings. The lowest BCUT2D eigenvalue weighted by Gasteiger charge is -2.18. The Labute approximate surface area is 168 Å². The Morgan fingerprint density at radius 3 is 2.24 bits per heavy atom. The molecule has 2 atom stereocenters. The van der Waals surface area contributed by atoms with Crippen LogP contribution in [0.3, 0.4) is 0 Å². The number of aryl methyl sites for hydroxylation is 2. The van der Waals surface area contributed by atoms with Crippen LogP contribution in [0, 0.1) is 11.6 Å². The number of nitrogens with one attached hydrogen (secondary N) is 1. The van der Waals surface area contributed by atoms with Crippen molar-refractivity contribution in [2.24, 2.45) is 5.73 Å². The first-order valence-electron chi connectivity index (χ1n) is 9.63. The number of aliphatic carboxylic acids is 1. The summed E-state index contributed by atoms with van der Waals surface area (Å²) in [5.41, 5.74) is 7.60. The molecule has 0 aliphatic carbocycles. The van der Waals surface area contributed by atoms with Crippen LogP contribution < -0.4 is 11.1 Å². The standard InChI is InChI=1S/C22H26F2N2O3/c23-17-12-10-15(11-13-17)4-2-8-19(25)21(27)26-20(22(28)29)9-3-6-16-5-1-7-18(24)14-16/h1,5,7,10-14,19-20H,2-4,6,8-9,25H2,(H,26,27)(H,28,29). The lowest BCUT2D eigenvalue weighted by Crippen LogP contribution is -2.48. The Kier molecular flexibility index (Phi) is 8.73. The van der Waals surface area contributed by atoms with Gasteiger partial charge in [-0.3, -0.25) is 4.79 Å². The molecule has 0 aliphatic rings. The quantitative estimate of drug-likeness (QED) is 0.536. The molecule has 0 radical (unpaired) electrons. The molecule has 2 unspecified atom stereocenters. The summed E-state index contributed by atoms with van der Waals surface area (Å²) in [6, 6.07) is 10.4. The summed E-state index contributed by atoms with van der Waals surface area (Å²) in [5, 5.41) is 11.8. The van der Waals surface area contributed by atoms with E-state index in [1.54, 1.807) is 24.3 Å². The van der Waals surface area contributed by atoms with Gasteiger partial charge in [0.2, 0.25) is 5.91 Å². The summed E-state index contributed by atoms with van der Waals surface area (Å²) >= 11 is 0. The maximum atomic E-state index is 13.2. The zero-order valence-corrected chi connectivity index (χ0v) is 16.1. The van der Waals surface area contributed by atoms with Crippen molar-refractivity contribution in [1.82, 2.24) is 5.32 Å². The number of nitrogens with two attached hydrogens (primary N) is 1. The van der Waals surface area contributed by atoms with Gasteiger partial charge in [0, 0.05) is 0 Å². The molecule has 0 aliphatic heterocycles. The van der Waals surface area contributed by atoms with Gasteiger partial charge in [0.25, 0.3) is 0 Å². The van der Waals surface area contributed by atoms with Crippen LogP contribution in [0.15, 0.2) is 48.5 Å². The second-order valence-electron chi connectivity index (χ2n) is 7.05. The molecule has 5 nitrogen and oxygen atoms in total. The molecule has 0 heterocycles. The van der Waals surface area contributed by atoms with Crippen LogP contribution in [-0.2, 0) is 22.4 Å². The highest BCUT2D eigenvalue weighted by atomic mass is 19.1. The second-order valence-corrected chi connectivity index (χ2v) is 7.05. The number of amides is 1. The zero-order chi connectivity index (χ0) is 21.2. The van der Waals surface area contributed by atoms with Crippen molar-refractivity contribution in [3.05, 3.63) is 71.3 Å². The number of carboxylic acid groups (broad SMARTS) is 1. The maximum Gasteiger partial charge on any atom is 0.326 e. The third-order valence-corrected chi connectivity index (χ3v) is 4.69. The van der Waals surface area contributed by atoms with Gasteiger partial charge in [-0.05, 0) is 73.9 Å². The summed E-state index contributed by atoms with van der Waals surface area (Å²) in [6.45, 7) is 0. The third-order valence-electron chi connectivity index (χ3n) is 4.69. The number of hydrogen-bond donors (Lipinski definition) is 3. The number of halogens is 2. The molecular formula is C22H26F2N2O3. The Hall–Kier alpha value is -2.80. The monoisotopic (exact) mass is 404 g/mol. The van der Waals surface area contributed by atoms with Crippen LogP contribution in [0.25, 0.3) is 0 Å². The van der Waals surface area contributed by atoms with Gasteiger partial charge in [-0.25, -0.2) is 13.6 Å². The van der Waals surface area contributed by atoms with E-state index in [9.17, 15) is 23.5 Å². The smallest absolute Gasteiger partial charge is 0.326 e. The van der Waals surface area contributed by atoms with Crippen LogP contribution in [-0.4, -0.2) is 29.1 Å². The predicted molar refractivity (Wildman–Crippen MR) is 106 cm³/mol. The fraction of sp³-hybridized carbons (Fsp3) is 0.364. The summed E-state index contributed by atoms with van der Waals surface area (Å²) in [4.78, 5) is 23.7. The minimum Gasteiger partial charge on any atom is -0.480 e. The Balaban J connectivity index is 1.75. The normalized spacial score (nSPS) is 12.9. The van der Waals surface area contributed by atoms with Crippen molar-refractivity contribution in [2.75, 3.05) is 0 Å². The zero-order valence-electron chi connectivity index (χ0n) is 16.1. The molecule has 1 amide bonds. The molecule has 156 valence electrons. The van der Waals surface area contributed by atoms with Gasteiger partial charge in [0.15, 0.2) is 0 Å². The molecule has 0 bridgehead atoms. The van der Waals surface area contributed by atoms with Gasteiger partial charge < -0.3 is 16.2 Å². The topological polar surface area (TPSA) is 92.4 Å². The largest absolute Gasteiger partial charge is 0.480 e. The van der Waals surface area contributed by atoms with Crippen LogP contribution in [0.5, 0.6) is 0 Å². The lowest BCUT2D eigenvalue weighted by atomic mass is 10.0. The molecule has 4 N–H and O–H groups in total. The minimum atomic E-state index is -1.13. The Bertz CT molecular complexity index is 812. The van der Waals surface area contributed by atoms with Crippen molar-refractivity contribution in [3.63, 3.8) is 0 Å². The molecule has 7 heteroatoms. The first-order valence-corrected chi connectivity index (χ1v) is 9.63. The van der Waals surface area contributed by atoms with E-state index in [4.69, 9.17) is 5.73 Å². The molecule has 0 saturated carbocycles. The molecule has 2 rings (SSSR count). The van der Waals surface area contributed by atoms with Crippen LogP contribution >= 0.6 is 0 Å². The molecule has 0 spiro atoms. The number of hydrogen-bond acceptors (Lipinski definition) is 3. The summed E-state index contributed by atoms with van der Waals surface area (Å²) in [6.07, 6.45) is 2.88. The van der Waals surface area contributed by atoms with Gasteiger partial charge >= 0.3 is 5.97 Å². The van der Waals surface area contributed by atoms with Gasteiger partial charge in [-0.15, -0.1) is 0 Å². The molecule has 0 fully saturated rings. The first kappa shape index (κ1) is 22.5. The van der Waals surface area contributed by atoms with Gasteiger partial charge in [0.05, 0.1) is 6.04 Å². The van der Waals surface area contributed by atoms with E-state index in [1.807, 2.05) is 0 Å². The Morgan fingerprint density at radius 2 is 1.59 bits per heavy atom. The van der Waals surface area contributed by atoms with Crippen molar-refractivity contribution >= 4 is 11.9 Å². The van der Waals surface area contributed by atoms with E-state index in [0.29, 0.717) is 32.1 Å². The molecule has 2 aromatic carbocycles. The number of rotatable bonds is 11. The average molecular weight is 404 g/mol. The van der Waals surface area contributed by atoms with E-state index in [-0.39, 0.29) is 18.1 Å². The van der Waals surface area contributed by atoms with Crippen molar-refractivity contribution < 1.29 is 23.5 Å². The highest BCUT2D eigenvalue weighted by Gasteiger charge is 2.22. The molecule has 0 aromatic heterocycles. The lowest BCUT2D eigenvalue weighted by molar-refractivity contribution is -0.142. The molecule has 0 saturated heterocycles.